The molecule has 93 valence electrons. The Labute approximate surface area is 105 Å². The number of hydroxylamine groups is 2. The third kappa shape index (κ3) is 2.00. The van der Waals surface area contributed by atoms with Crippen LogP contribution in [0.25, 0.3) is 0 Å². The van der Waals surface area contributed by atoms with Gasteiger partial charge in [-0.1, -0.05) is 15.9 Å². The van der Waals surface area contributed by atoms with Gasteiger partial charge in [-0.15, -0.1) is 10.3 Å². The van der Waals surface area contributed by atoms with E-state index in [-0.39, 0.29) is 11.2 Å². The molecule has 1 unspecified atom stereocenters. The Hall–Kier alpha value is -0.130. The average Bonchev–Trinajstić information content (AvgIpc) is 2.24. The van der Waals surface area contributed by atoms with Crippen LogP contribution in [0.5, 0.6) is 0 Å². The summed E-state index contributed by atoms with van der Waals surface area (Å²) in [6.07, 6.45) is 0.648. The van der Waals surface area contributed by atoms with Crippen LogP contribution in [0.4, 0.5) is 0 Å². The highest BCUT2D eigenvalue weighted by Gasteiger charge is 2.60. The molecular formula is C11H20BrN2O2. The van der Waals surface area contributed by atoms with Crippen molar-refractivity contribution in [2.45, 2.75) is 57.7 Å². The summed E-state index contributed by atoms with van der Waals surface area (Å²) >= 11 is 3.12. The van der Waals surface area contributed by atoms with Gasteiger partial charge < -0.3 is 5.32 Å². The zero-order chi connectivity index (χ0) is 12.8. The van der Waals surface area contributed by atoms with Crippen molar-refractivity contribution in [3.05, 3.63) is 0 Å². The van der Waals surface area contributed by atoms with E-state index in [0.717, 1.165) is 5.06 Å². The molecule has 4 nitrogen and oxygen atoms in total. The second kappa shape index (κ2) is 3.96. The van der Waals surface area contributed by atoms with Gasteiger partial charge in [0.1, 0.15) is 0 Å². The SMILES string of the molecule is CC1(C)CC(C)(NC(=O)CBr)C(C)(C)N1[O]. The highest BCUT2D eigenvalue weighted by molar-refractivity contribution is 9.09. The van der Waals surface area contributed by atoms with E-state index >= 15 is 0 Å². The largest absolute Gasteiger partial charge is 0.348 e. The van der Waals surface area contributed by atoms with Crippen molar-refractivity contribution >= 4 is 21.8 Å². The molecule has 1 N–H and O–H groups in total. The minimum atomic E-state index is -0.603. The molecule has 1 radical (unpaired) electrons. The lowest BCUT2D eigenvalue weighted by Crippen LogP contribution is -2.60. The van der Waals surface area contributed by atoms with E-state index in [2.05, 4.69) is 21.2 Å². The Morgan fingerprint density at radius 2 is 1.81 bits per heavy atom. The van der Waals surface area contributed by atoms with E-state index in [1.807, 2.05) is 34.6 Å². The molecule has 1 atom stereocenters. The molecule has 1 fully saturated rings. The minimum absolute atomic E-state index is 0.0818. The molecule has 0 aromatic heterocycles. The topological polar surface area (TPSA) is 52.2 Å². The molecule has 1 heterocycles. The van der Waals surface area contributed by atoms with Gasteiger partial charge in [0, 0.05) is 5.54 Å². The van der Waals surface area contributed by atoms with Crippen LogP contribution >= 0.6 is 15.9 Å². The molecule has 0 aromatic rings. The summed E-state index contributed by atoms with van der Waals surface area (Å²) in [5.41, 5.74) is -1.55. The number of alkyl halides is 1. The first-order valence-corrected chi connectivity index (χ1v) is 6.53. The van der Waals surface area contributed by atoms with Crippen LogP contribution in [0.1, 0.15) is 41.0 Å². The predicted octanol–water partition coefficient (Wildman–Crippen LogP) is 1.86. The van der Waals surface area contributed by atoms with E-state index in [9.17, 15) is 10.0 Å². The van der Waals surface area contributed by atoms with Crippen LogP contribution in [0, 0.1) is 0 Å². The first-order valence-electron chi connectivity index (χ1n) is 5.41. The zero-order valence-corrected chi connectivity index (χ0v) is 12.1. The summed E-state index contributed by atoms with van der Waals surface area (Å²) < 4.78 is 0. The van der Waals surface area contributed by atoms with Gasteiger partial charge in [-0.2, -0.15) is 0 Å². The Morgan fingerprint density at radius 3 is 2.12 bits per heavy atom. The second-order valence-electron chi connectivity index (χ2n) is 5.86. The maximum absolute atomic E-state index is 12.2. The van der Waals surface area contributed by atoms with Crippen molar-refractivity contribution in [1.82, 2.24) is 10.4 Å². The number of carbonyl (C=O) groups is 1. The van der Waals surface area contributed by atoms with Gasteiger partial charge in [0.2, 0.25) is 5.91 Å². The van der Waals surface area contributed by atoms with Crippen molar-refractivity contribution in [3.63, 3.8) is 0 Å². The Balaban J connectivity index is 3.01. The van der Waals surface area contributed by atoms with Crippen LogP contribution in [-0.4, -0.2) is 32.9 Å². The molecule has 1 rings (SSSR count). The summed E-state index contributed by atoms with van der Waals surface area (Å²) in [4.78, 5) is 11.5. The molecule has 0 spiro atoms. The number of hydrogen-bond acceptors (Lipinski definition) is 2. The lowest BCUT2D eigenvalue weighted by Gasteiger charge is -2.40. The van der Waals surface area contributed by atoms with Gasteiger partial charge in [0.25, 0.3) is 0 Å². The van der Waals surface area contributed by atoms with E-state index in [4.69, 9.17) is 0 Å². The second-order valence-corrected chi connectivity index (χ2v) is 6.42. The molecule has 1 aliphatic rings. The smallest absolute Gasteiger partial charge is 0.231 e. The molecule has 0 saturated carbocycles. The van der Waals surface area contributed by atoms with Crippen LogP contribution in [-0.2, 0) is 10.0 Å². The number of rotatable bonds is 2. The minimum Gasteiger partial charge on any atom is -0.348 e. The highest BCUT2D eigenvalue weighted by atomic mass is 79.9. The zero-order valence-electron chi connectivity index (χ0n) is 10.6. The van der Waals surface area contributed by atoms with Gasteiger partial charge >= 0.3 is 0 Å². The Morgan fingerprint density at radius 1 is 1.31 bits per heavy atom. The van der Waals surface area contributed by atoms with E-state index in [1.54, 1.807) is 0 Å². The van der Waals surface area contributed by atoms with Crippen LogP contribution in [0.2, 0.25) is 0 Å². The van der Waals surface area contributed by atoms with Crippen molar-refractivity contribution in [2.24, 2.45) is 0 Å². The molecule has 1 aliphatic heterocycles. The third-order valence-corrected chi connectivity index (χ3v) is 4.24. The lowest BCUT2D eigenvalue weighted by molar-refractivity contribution is -0.250. The Bertz CT molecular complexity index is 304. The van der Waals surface area contributed by atoms with Crippen molar-refractivity contribution in [3.8, 4) is 0 Å². The molecule has 0 bridgehead atoms. The van der Waals surface area contributed by atoms with Crippen molar-refractivity contribution < 1.29 is 10.0 Å². The van der Waals surface area contributed by atoms with Gasteiger partial charge in [-0.25, -0.2) is 0 Å². The van der Waals surface area contributed by atoms with E-state index < -0.39 is 16.6 Å². The molecule has 16 heavy (non-hydrogen) atoms. The number of carbonyl (C=O) groups excluding carboxylic acids is 1. The number of amides is 1. The lowest BCUT2D eigenvalue weighted by atomic mass is 9.80. The Kier molecular flexibility index (Phi) is 3.45. The van der Waals surface area contributed by atoms with Crippen LogP contribution in [0.3, 0.4) is 0 Å². The van der Waals surface area contributed by atoms with Gasteiger partial charge in [-0.3, -0.25) is 4.79 Å². The summed E-state index contributed by atoms with van der Waals surface area (Å²) in [6.45, 7) is 9.51. The number of nitrogens with one attached hydrogen (secondary N) is 1. The van der Waals surface area contributed by atoms with Crippen LogP contribution < -0.4 is 5.32 Å². The standard InChI is InChI=1S/C11H20BrN2O2/c1-9(2)7-11(5,13-8(15)6-12)10(3,4)14(9)16/h6-7H2,1-5H3,(H,13,15). The monoisotopic (exact) mass is 291 g/mol. The first-order chi connectivity index (χ1) is 7.07. The van der Waals surface area contributed by atoms with E-state index in [1.165, 1.54) is 0 Å². The molecular weight excluding hydrogens is 272 g/mol. The number of nitrogens with zero attached hydrogens (tertiary/aromatic N) is 1. The number of halogens is 1. The fraction of sp³-hybridized carbons (Fsp3) is 0.909. The molecule has 0 aromatic carbocycles. The van der Waals surface area contributed by atoms with Gasteiger partial charge in [0.15, 0.2) is 0 Å². The van der Waals surface area contributed by atoms with Gasteiger partial charge in [-0.05, 0) is 41.0 Å². The van der Waals surface area contributed by atoms with Crippen molar-refractivity contribution in [2.75, 3.05) is 5.33 Å². The third-order valence-electron chi connectivity index (χ3n) is 3.73. The van der Waals surface area contributed by atoms with E-state index in [0.29, 0.717) is 6.42 Å². The fourth-order valence-electron chi connectivity index (χ4n) is 2.67. The fourth-order valence-corrected chi connectivity index (χ4v) is 2.81. The maximum Gasteiger partial charge on any atom is 0.231 e. The number of hydrogen-bond donors (Lipinski definition) is 1. The normalized spacial score (nSPS) is 32.7. The summed E-state index contributed by atoms with van der Waals surface area (Å²) in [5.74, 6) is -0.0818. The molecule has 0 aliphatic carbocycles. The summed E-state index contributed by atoms with van der Waals surface area (Å²) in [7, 11) is 0. The molecule has 1 saturated heterocycles. The van der Waals surface area contributed by atoms with Crippen molar-refractivity contribution in [1.29, 1.82) is 0 Å². The average molecular weight is 292 g/mol. The first kappa shape index (κ1) is 13.9. The highest BCUT2D eigenvalue weighted by Crippen LogP contribution is 2.46. The van der Waals surface area contributed by atoms with Gasteiger partial charge in [0.05, 0.1) is 16.4 Å². The predicted molar refractivity (Wildman–Crippen MR) is 65.6 cm³/mol. The van der Waals surface area contributed by atoms with Crippen LogP contribution in [0.15, 0.2) is 0 Å². The molecule has 5 heteroatoms. The maximum atomic E-state index is 12.2. The quantitative estimate of drug-likeness (QED) is 0.790. The summed E-state index contributed by atoms with van der Waals surface area (Å²) in [5, 5.41) is 16.5. The summed E-state index contributed by atoms with van der Waals surface area (Å²) in [6, 6.07) is 0. The molecule has 1 amide bonds.